The van der Waals surface area contributed by atoms with E-state index in [1.165, 1.54) is 70.6 Å². The van der Waals surface area contributed by atoms with Gasteiger partial charge in [0, 0.05) is 6.42 Å². The Kier molecular flexibility index (Phi) is 29.0. The van der Waals surface area contributed by atoms with Crippen LogP contribution in [0.4, 0.5) is 0 Å². The van der Waals surface area contributed by atoms with Gasteiger partial charge in [0.15, 0.2) is 0 Å². The number of aliphatic hydroxyl groups excluding tert-OH is 1. The highest BCUT2D eigenvalue weighted by Gasteiger charge is 2.23. The molecule has 8 nitrogen and oxygen atoms in total. The van der Waals surface area contributed by atoms with E-state index in [2.05, 4.69) is 43.5 Å². The van der Waals surface area contributed by atoms with Crippen LogP contribution in [0.25, 0.3) is 0 Å². The number of carbonyl (C=O) groups excluding carboxylic acids is 1. The Balaban J connectivity index is 4.24. The van der Waals surface area contributed by atoms with E-state index in [9.17, 15) is 19.4 Å². The molecule has 0 radical (unpaired) electrons. The molecule has 0 heterocycles. The number of phosphoric acid groups is 1. The molecule has 0 aliphatic carbocycles. The van der Waals surface area contributed by atoms with E-state index in [-0.39, 0.29) is 19.1 Å². The number of rotatable bonds is 32. The van der Waals surface area contributed by atoms with Crippen LogP contribution in [-0.2, 0) is 18.4 Å². The minimum Gasteiger partial charge on any atom is -0.756 e. The second-order valence-electron chi connectivity index (χ2n) is 13.6. The highest BCUT2D eigenvalue weighted by molar-refractivity contribution is 7.45. The van der Waals surface area contributed by atoms with E-state index in [1.54, 1.807) is 6.08 Å². The Morgan fingerprint density at radius 1 is 0.761 bits per heavy atom. The van der Waals surface area contributed by atoms with Crippen LogP contribution < -0.4 is 10.2 Å². The number of hydrogen-bond acceptors (Lipinski definition) is 6. The van der Waals surface area contributed by atoms with E-state index in [1.807, 2.05) is 27.2 Å². The number of hydrogen-bond donors (Lipinski definition) is 2. The van der Waals surface area contributed by atoms with Gasteiger partial charge in [-0.05, 0) is 51.4 Å². The lowest BCUT2D eigenvalue weighted by Gasteiger charge is -2.29. The van der Waals surface area contributed by atoms with Crippen LogP contribution in [-0.4, -0.2) is 68.5 Å². The van der Waals surface area contributed by atoms with Crippen molar-refractivity contribution in [3.63, 3.8) is 0 Å². The first-order chi connectivity index (χ1) is 22.0. The molecule has 0 aromatic carbocycles. The van der Waals surface area contributed by atoms with Gasteiger partial charge >= 0.3 is 0 Å². The summed E-state index contributed by atoms with van der Waals surface area (Å²) in [6.07, 6.45) is 33.7. The van der Waals surface area contributed by atoms with Crippen LogP contribution in [0.1, 0.15) is 142 Å². The SMILES string of the molecule is CCCCC/C=C\C/C=C\CCCCCCCCCCCC(=O)NC(COP(=O)([O-])OCC[N+](C)(C)C)C(O)/C=C/CCCCC. The summed E-state index contributed by atoms with van der Waals surface area (Å²) >= 11 is 0. The van der Waals surface area contributed by atoms with Gasteiger partial charge in [0.25, 0.3) is 7.82 Å². The molecular weight excluding hydrogens is 599 g/mol. The van der Waals surface area contributed by atoms with Crippen molar-refractivity contribution in [3.8, 4) is 0 Å². The standard InChI is InChI=1S/C37H71N2O6P/c1-6-8-10-12-13-14-15-16-17-18-19-20-21-22-23-24-25-27-29-31-37(41)38-35(36(40)30-28-26-11-9-7-2)34-45-46(42,43)44-33-32-39(3,4)5/h13-14,16-17,28,30,35-36,40H,6-12,15,18-27,29,31-34H2,1-5H3,(H-,38,41,42,43)/b14-13-,17-16-,30-28+. The molecule has 0 aromatic heterocycles. The van der Waals surface area contributed by atoms with Crippen LogP contribution >= 0.6 is 7.82 Å². The summed E-state index contributed by atoms with van der Waals surface area (Å²) in [7, 11) is 1.25. The van der Waals surface area contributed by atoms with Crippen LogP contribution in [0.2, 0.25) is 0 Å². The molecule has 0 fully saturated rings. The number of allylic oxidation sites excluding steroid dienone is 5. The molecule has 0 aromatic rings. The van der Waals surface area contributed by atoms with Crippen LogP contribution in [0.15, 0.2) is 36.5 Å². The fourth-order valence-corrected chi connectivity index (χ4v) is 5.55. The van der Waals surface area contributed by atoms with Crippen molar-refractivity contribution in [2.45, 2.75) is 154 Å². The lowest BCUT2D eigenvalue weighted by atomic mass is 10.1. The third kappa shape index (κ3) is 31.3. The molecule has 3 unspecified atom stereocenters. The number of quaternary nitrogens is 1. The molecule has 1 amide bonds. The Morgan fingerprint density at radius 2 is 1.26 bits per heavy atom. The summed E-state index contributed by atoms with van der Waals surface area (Å²) in [5, 5.41) is 13.5. The van der Waals surface area contributed by atoms with Gasteiger partial charge in [-0.1, -0.05) is 121 Å². The summed E-state index contributed by atoms with van der Waals surface area (Å²) < 4.78 is 22.9. The first-order valence-electron chi connectivity index (χ1n) is 18.4. The summed E-state index contributed by atoms with van der Waals surface area (Å²) in [6, 6.07) is -0.883. The molecule has 270 valence electrons. The van der Waals surface area contributed by atoms with Gasteiger partial charge in [0.1, 0.15) is 13.2 Å². The maximum absolute atomic E-state index is 12.7. The minimum atomic E-state index is -4.57. The van der Waals surface area contributed by atoms with Crippen molar-refractivity contribution < 1.29 is 32.9 Å². The maximum Gasteiger partial charge on any atom is 0.268 e. The van der Waals surface area contributed by atoms with Crippen molar-refractivity contribution in [3.05, 3.63) is 36.5 Å². The number of nitrogens with one attached hydrogen (secondary N) is 1. The number of aliphatic hydroxyl groups is 1. The zero-order valence-corrected chi connectivity index (χ0v) is 31.2. The number of unbranched alkanes of at least 4 members (excludes halogenated alkanes) is 15. The molecule has 0 aliphatic rings. The van der Waals surface area contributed by atoms with Crippen molar-refractivity contribution in [1.82, 2.24) is 5.32 Å². The Hall–Kier alpha value is -1.28. The quantitative estimate of drug-likeness (QED) is 0.0321. The number of phosphoric ester groups is 1. The van der Waals surface area contributed by atoms with Gasteiger partial charge in [-0.2, -0.15) is 0 Å². The van der Waals surface area contributed by atoms with Crippen LogP contribution in [0.3, 0.4) is 0 Å². The number of carbonyl (C=O) groups is 1. The number of amides is 1. The summed E-state index contributed by atoms with van der Waals surface area (Å²) in [4.78, 5) is 25.0. The van der Waals surface area contributed by atoms with Gasteiger partial charge in [-0.3, -0.25) is 9.36 Å². The van der Waals surface area contributed by atoms with Crippen molar-refractivity contribution in [1.29, 1.82) is 0 Å². The Bertz CT molecular complexity index is 855. The van der Waals surface area contributed by atoms with E-state index in [4.69, 9.17) is 9.05 Å². The first-order valence-corrected chi connectivity index (χ1v) is 19.8. The van der Waals surface area contributed by atoms with E-state index in [0.717, 1.165) is 51.4 Å². The number of nitrogens with zero attached hydrogens (tertiary/aromatic N) is 1. The molecule has 0 spiro atoms. The highest BCUT2D eigenvalue weighted by atomic mass is 31.2. The third-order valence-corrected chi connectivity index (χ3v) is 8.81. The molecule has 0 rings (SSSR count). The zero-order chi connectivity index (χ0) is 34.4. The molecule has 9 heteroatoms. The minimum absolute atomic E-state index is 0.00361. The molecule has 0 saturated carbocycles. The van der Waals surface area contributed by atoms with Crippen LogP contribution in [0, 0.1) is 0 Å². The summed E-state index contributed by atoms with van der Waals surface area (Å²) in [5.74, 6) is -0.212. The van der Waals surface area contributed by atoms with E-state index >= 15 is 0 Å². The lowest BCUT2D eigenvalue weighted by Crippen LogP contribution is -2.45. The zero-order valence-electron chi connectivity index (χ0n) is 30.3. The monoisotopic (exact) mass is 671 g/mol. The number of likely N-dealkylation sites (N-methyl/N-ethyl adjacent to an activating group) is 1. The van der Waals surface area contributed by atoms with E-state index < -0.39 is 20.0 Å². The average molecular weight is 671 g/mol. The largest absolute Gasteiger partial charge is 0.756 e. The molecule has 0 saturated heterocycles. The molecule has 3 atom stereocenters. The topological polar surface area (TPSA) is 108 Å². The second kappa shape index (κ2) is 29.8. The highest BCUT2D eigenvalue weighted by Crippen LogP contribution is 2.38. The molecule has 0 aliphatic heterocycles. The summed E-state index contributed by atoms with van der Waals surface area (Å²) in [6.45, 7) is 4.47. The molecular formula is C37H71N2O6P. The van der Waals surface area contributed by atoms with Gasteiger partial charge in [0.2, 0.25) is 5.91 Å². The van der Waals surface area contributed by atoms with Gasteiger partial charge in [-0.25, -0.2) is 0 Å². The smallest absolute Gasteiger partial charge is 0.268 e. The predicted molar refractivity (Wildman–Crippen MR) is 191 cm³/mol. The van der Waals surface area contributed by atoms with Gasteiger partial charge in [0.05, 0.1) is 39.9 Å². The maximum atomic E-state index is 12.7. The van der Waals surface area contributed by atoms with Crippen molar-refractivity contribution >= 4 is 13.7 Å². The fourth-order valence-electron chi connectivity index (χ4n) is 4.83. The predicted octanol–water partition coefficient (Wildman–Crippen LogP) is 8.55. The Morgan fingerprint density at radius 3 is 1.80 bits per heavy atom. The van der Waals surface area contributed by atoms with Gasteiger partial charge < -0.3 is 28.8 Å². The molecule has 0 bridgehead atoms. The first kappa shape index (κ1) is 44.7. The normalized spacial score (nSPS) is 15.2. The fraction of sp³-hybridized carbons (Fsp3) is 0.811. The van der Waals surface area contributed by atoms with Crippen molar-refractivity contribution in [2.24, 2.45) is 0 Å². The van der Waals surface area contributed by atoms with Crippen molar-refractivity contribution in [2.75, 3.05) is 40.9 Å². The van der Waals surface area contributed by atoms with E-state index in [0.29, 0.717) is 17.4 Å². The average Bonchev–Trinajstić information content (AvgIpc) is 2.99. The molecule has 46 heavy (non-hydrogen) atoms. The van der Waals surface area contributed by atoms with Gasteiger partial charge in [-0.15, -0.1) is 0 Å². The third-order valence-electron chi connectivity index (χ3n) is 7.84. The second-order valence-corrected chi connectivity index (χ2v) is 15.0. The summed E-state index contributed by atoms with van der Waals surface area (Å²) in [5.41, 5.74) is 0. The molecule has 2 N–H and O–H groups in total. The lowest BCUT2D eigenvalue weighted by molar-refractivity contribution is -0.870. The Labute approximate surface area is 283 Å². The van der Waals surface area contributed by atoms with Crippen LogP contribution in [0.5, 0.6) is 0 Å².